The smallest absolute Gasteiger partial charge is 0.280 e. The van der Waals surface area contributed by atoms with Gasteiger partial charge < -0.3 is 9.63 Å². The fourth-order valence-corrected chi connectivity index (χ4v) is 3.18. The zero-order valence-electron chi connectivity index (χ0n) is 13.5. The minimum atomic E-state index is -2.63. The van der Waals surface area contributed by atoms with Crippen molar-refractivity contribution < 1.29 is 18.4 Å². The summed E-state index contributed by atoms with van der Waals surface area (Å²) in [7, 11) is 1.45. The number of hydrogen-bond acceptors (Lipinski definition) is 5. The summed E-state index contributed by atoms with van der Waals surface area (Å²) in [6, 6.07) is 8.84. The molecular formula is C17H16F2N4O2. The lowest BCUT2D eigenvalue weighted by Crippen LogP contribution is -2.13. The predicted octanol–water partition coefficient (Wildman–Crippen LogP) is 2.98. The van der Waals surface area contributed by atoms with Crippen LogP contribution in [0.2, 0.25) is 0 Å². The zero-order chi connectivity index (χ0) is 17.6. The van der Waals surface area contributed by atoms with E-state index in [0.29, 0.717) is 5.82 Å². The Balaban J connectivity index is 1.71. The van der Waals surface area contributed by atoms with Gasteiger partial charge in [-0.3, -0.25) is 4.68 Å². The molecule has 6 nitrogen and oxygen atoms in total. The van der Waals surface area contributed by atoms with Crippen LogP contribution in [0.3, 0.4) is 0 Å². The van der Waals surface area contributed by atoms with Crippen LogP contribution in [0.4, 0.5) is 8.78 Å². The normalized spacial score (nSPS) is 15.7. The second-order valence-electron chi connectivity index (χ2n) is 6.20. The lowest BCUT2D eigenvalue weighted by Gasteiger charge is -2.14. The quantitative estimate of drug-likeness (QED) is 0.768. The first kappa shape index (κ1) is 15.9. The Bertz CT molecular complexity index is 915. The summed E-state index contributed by atoms with van der Waals surface area (Å²) in [5, 5.41) is 17.7. The Labute approximate surface area is 142 Å². The highest BCUT2D eigenvalue weighted by Gasteiger charge is 2.51. The summed E-state index contributed by atoms with van der Waals surface area (Å²) in [5.41, 5.74) is 1.43. The van der Waals surface area contributed by atoms with Gasteiger partial charge in [0.05, 0.1) is 12.0 Å². The fraction of sp³-hybridized carbons (Fsp3) is 0.353. The maximum Gasteiger partial charge on any atom is 0.280 e. The molecule has 4 rings (SSSR count). The molecule has 0 saturated heterocycles. The number of aliphatic hydroxyl groups excluding tert-OH is 1. The van der Waals surface area contributed by atoms with Gasteiger partial charge in [0.2, 0.25) is 0 Å². The van der Waals surface area contributed by atoms with E-state index in [-0.39, 0.29) is 29.3 Å². The van der Waals surface area contributed by atoms with Gasteiger partial charge in [0.15, 0.2) is 11.5 Å². The molecule has 0 atom stereocenters. The Morgan fingerprint density at radius 3 is 2.72 bits per heavy atom. The van der Waals surface area contributed by atoms with E-state index in [0.717, 1.165) is 28.7 Å². The topological polar surface area (TPSA) is 77.0 Å². The van der Waals surface area contributed by atoms with Gasteiger partial charge in [-0.2, -0.15) is 10.1 Å². The molecule has 1 aliphatic rings. The molecule has 25 heavy (non-hydrogen) atoms. The first-order chi connectivity index (χ1) is 12.0. The number of halogens is 2. The van der Waals surface area contributed by atoms with E-state index >= 15 is 0 Å². The van der Waals surface area contributed by atoms with Crippen molar-refractivity contribution in [2.45, 2.75) is 31.3 Å². The van der Waals surface area contributed by atoms with Crippen LogP contribution in [0, 0.1) is 0 Å². The van der Waals surface area contributed by atoms with Crippen molar-refractivity contribution in [2.75, 3.05) is 0 Å². The molecule has 1 fully saturated rings. The molecule has 130 valence electrons. The fourth-order valence-electron chi connectivity index (χ4n) is 3.18. The van der Waals surface area contributed by atoms with Gasteiger partial charge in [0.1, 0.15) is 5.69 Å². The van der Waals surface area contributed by atoms with E-state index in [9.17, 15) is 13.9 Å². The van der Waals surface area contributed by atoms with Gasteiger partial charge in [-0.05, 0) is 30.0 Å². The Kier molecular flexibility index (Phi) is 3.64. The molecule has 1 aliphatic carbocycles. The maximum atomic E-state index is 12.9. The summed E-state index contributed by atoms with van der Waals surface area (Å²) < 4.78 is 32.2. The largest absolute Gasteiger partial charge is 0.392 e. The van der Waals surface area contributed by atoms with Crippen molar-refractivity contribution in [1.82, 2.24) is 19.9 Å². The van der Waals surface area contributed by atoms with Crippen LogP contribution >= 0.6 is 0 Å². The molecule has 3 aromatic rings. The number of hydrogen-bond donors (Lipinski definition) is 1. The van der Waals surface area contributed by atoms with Crippen molar-refractivity contribution in [1.29, 1.82) is 0 Å². The zero-order valence-corrected chi connectivity index (χ0v) is 13.5. The second kappa shape index (κ2) is 5.73. The van der Waals surface area contributed by atoms with E-state index in [1.807, 2.05) is 24.3 Å². The first-order valence-corrected chi connectivity index (χ1v) is 7.91. The number of aliphatic hydroxyl groups is 1. The third-order valence-corrected chi connectivity index (χ3v) is 4.67. The summed E-state index contributed by atoms with van der Waals surface area (Å²) in [6.45, 7) is -0.0688. The third kappa shape index (κ3) is 2.53. The van der Waals surface area contributed by atoms with Gasteiger partial charge in [0, 0.05) is 7.05 Å². The van der Waals surface area contributed by atoms with Crippen molar-refractivity contribution in [2.24, 2.45) is 7.05 Å². The second-order valence-corrected chi connectivity index (χ2v) is 6.20. The molecule has 2 aromatic heterocycles. The molecule has 1 N–H and O–H groups in total. The predicted molar refractivity (Wildman–Crippen MR) is 83.8 cm³/mol. The number of benzene rings is 1. The molecule has 0 spiro atoms. The van der Waals surface area contributed by atoms with Crippen molar-refractivity contribution in [3.63, 3.8) is 0 Å². The van der Waals surface area contributed by atoms with Crippen LogP contribution in [0.1, 0.15) is 41.9 Å². The molecule has 2 heterocycles. The van der Waals surface area contributed by atoms with E-state index < -0.39 is 6.43 Å². The lowest BCUT2D eigenvalue weighted by molar-refractivity contribution is 0.141. The maximum absolute atomic E-state index is 12.9. The Morgan fingerprint density at radius 1 is 1.32 bits per heavy atom. The van der Waals surface area contributed by atoms with Crippen molar-refractivity contribution in [3.8, 4) is 11.6 Å². The molecule has 0 aliphatic heterocycles. The van der Waals surface area contributed by atoms with Crippen LogP contribution in [-0.2, 0) is 19.1 Å². The summed E-state index contributed by atoms with van der Waals surface area (Å²) in [4.78, 5) is 4.40. The van der Waals surface area contributed by atoms with Gasteiger partial charge >= 0.3 is 0 Å². The number of aromatic nitrogens is 4. The number of nitrogens with zero attached hydrogens (tertiary/aromatic N) is 4. The SMILES string of the molecule is Cn1nc(-c2nc(C3(c4ccccc4CO)CC3)no2)cc1C(F)F. The molecule has 0 radical (unpaired) electrons. The standard InChI is InChI=1S/C17H16F2N4O2/c1-23-13(14(18)19)8-12(21-23)15-20-16(22-25-15)17(6-7-17)11-5-3-2-4-10(11)9-24/h2-5,8,14,24H,6-7,9H2,1H3. The Morgan fingerprint density at radius 2 is 2.08 bits per heavy atom. The lowest BCUT2D eigenvalue weighted by atomic mass is 9.91. The third-order valence-electron chi connectivity index (χ3n) is 4.67. The molecule has 0 amide bonds. The van der Waals surface area contributed by atoms with Crippen LogP contribution in [-0.4, -0.2) is 25.0 Å². The number of rotatable bonds is 5. The number of alkyl halides is 2. The first-order valence-electron chi connectivity index (χ1n) is 7.91. The summed E-state index contributed by atoms with van der Waals surface area (Å²) in [6.07, 6.45) is -0.944. The van der Waals surface area contributed by atoms with Crippen LogP contribution in [0.15, 0.2) is 34.9 Å². The van der Waals surface area contributed by atoms with Gasteiger partial charge in [0.25, 0.3) is 12.3 Å². The van der Waals surface area contributed by atoms with E-state index in [4.69, 9.17) is 4.52 Å². The summed E-state index contributed by atoms with van der Waals surface area (Å²) >= 11 is 0. The van der Waals surface area contributed by atoms with Crippen LogP contribution in [0.25, 0.3) is 11.6 Å². The molecule has 1 saturated carbocycles. The van der Waals surface area contributed by atoms with Crippen LogP contribution < -0.4 is 0 Å². The minimum Gasteiger partial charge on any atom is -0.392 e. The molecular weight excluding hydrogens is 330 g/mol. The Hall–Kier alpha value is -2.61. The van der Waals surface area contributed by atoms with E-state index in [1.165, 1.54) is 13.1 Å². The van der Waals surface area contributed by atoms with Crippen molar-refractivity contribution in [3.05, 3.63) is 53.0 Å². The molecule has 0 bridgehead atoms. The molecule has 8 heteroatoms. The van der Waals surface area contributed by atoms with E-state index in [1.54, 1.807) is 0 Å². The monoisotopic (exact) mass is 346 g/mol. The minimum absolute atomic E-state index is 0.0688. The summed E-state index contributed by atoms with van der Waals surface area (Å²) in [5.74, 6) is 0.609. The van der Waals surface area contributed by atoms with Crippen LogP contribution in [0.5, 0.6) is 0 Å². The van der Waals surface area contributed by atoms with E-state index in [2.05, 4.69) is 15.2 Å². The average Bonchev–Trinajstić information content (AvgIpc) is 3.08. The van der Waals surface area contributed by atoms with Gasteiger partial charge in [-0.1, -0.05) is 29.4 Å². The highest BCUT2D eigenvalue weighted by Crippen LogP contribution is 2.53. The van der Waals surface area contributed by atoms with Crippen molar-refractivity contribution >= 4 is 0 Å². The number of aryl methyl sites for hydroxylation is 1. The van der Waals surface area contributed by atoms with Gasteiger partial charge in [-0.25, -0.2) is 8.78 Å². The average molecular weight is 346 g/mol. The highest BCUT2D eigenvalue weighted by atomic mass is 19.3. The van der Waals surface area contributed by atoms with Gasteiger partial charge in [-0.15, -0.1) is 0 Å². The molecule has 1 aromatic carbocycles. The molecule has 0 unspecified atom stereocenters. The highest BCUT2D eigenvalue weighted by molar-refractivity contribution is 5.50.